The van der Waals surface area contributed by atoms with Gasteiger partial charge in [-0.2, -0.15) is 0 Å². The first-order valence-corrected chi connectivity index (χ1v) is 5.00. The van der Waals surface area contributed by atoms with Crippen LogP contribution in [0.4, 0.5) is 5.69 Å². The molecule has 1 nitrogen and oxygen atoms in total. The molecule has 0 amide bonds. The summed E-state index contributed by atoms with van der Waals surface area (Å²) >= 11 is 12.1. The van der Waals surface area contributed by atoms with Gasteiger partial charge in [0.2, 0.25) is 0 Å². The topological polar surface area (TPSA) is 12.0 Å². The molecule has 1 aromatic carbocycles. The van der Waals surface area contributed by atoms with Crippen LogP contribution in [0.2, 0.25) is 10.0 Å². The van der Waals surface area contributed by atoms with Crippen molar-refractivity contribution in [3.8, 4) is 0 Å². The quantitative estimate of drug-likeness (QED) is 0.697. The molecule has 13 heavy (non-hydrogen) atoms. The van der Waals surface area contributed by atoms with E-state index in [0.29, 0.717) is 10.0 Å². The summed E-state index contributed by atoms with van der Waals surface area (Å²) in [6.45, 7) is 5.24. The second kappa shape index (κ2) is 2.79. The van der Waals surface area contributed by atoms with Gasteiger partial charge in [0.25, 0.3) is 0 Å². The number of hydrogen-bond donors (Lipinski definition) is 1. The lowest BCUT2D eigenvalue weighted by Crippen LogP contribution is -2.19. The van der Waals surface area contributed by atoms with Crippen molar-refractivity contribution in [3.63, 3.8) is 0 Å². The number of halogens is 2. The molecule has 1 heterocycles. The van der Waals surface area contributed by atoms with Gasteiger partial charge in [0, 0.05) is 23.2 Å². The average Bonchev–Trinajstić information content (AvgIpc) is 2.35. The zero-order valence-corrected chi connectivity index (χ0v) is 9.13. The molecule has 0 aromatic heterocycles. The highest BCUT2D eigenvalue weighted by Crippen LogP contribution is 2.43. The first-order valence-electron chi connectivity index (χ1n) is 4.25. The van der Waals surface area contributed by atoms with Crippen LogP contribution >= 0.6 is 23.2 Å². The fourth-order valence-corrected chi connectivity index (χ4v) is 2.34. The lowest BCUT2D eigenvalue weighted by Gasteiger charge is -2.18. The Labute approximate surface area is 88.0 Å². The summed E-state index contributed by atoms with van der Waals surface area (Å²) in [6, 6.07) is 3.81. The summed E-state index contributed by atoms with van der Waals surface area (Å²) < 4.78 is 0. The summed E-state index contributed by atoms with van der Waals surface area (Å²) in [4.78, 5) is 0. The minimum Gasteiger partial charge on any atom is -0.384 e. The Balaban J connectivity index is 2.68. The maximum atomic E-state index is 6.15. The monoisotopic (exact) mass is 215 g/mol. The van der Waals surface area contributed by atoms with E-state index in [1.807, 2.05) is 12.1 Å². The Morgan fingerprint density at radius 2 is 2.00 bits per heavy atom. The third-order valence-corrected chi connectivity index (χ3v) is 3.30. The summed E-state index contributed by atoms with van der Waals surface area (Å²) in [5.41, 5.74) is 2.33. The van der Waals surface area contributed by atoms with Crippen LogP contribution in [-0.2, 0) is 5.41 Å². The number of rotatable bonds is 0. The molecular weight excluding hydrogens is 205 g/mol. The molecule has 3 heteroatoms. The molecule has 1 N–H and O–H groups in total. The van der Waals surface area contributed by atoms with Crippen molar-refractivity contribution in [2.24, 2.45) is 0 Å². The lowest BCUT2D eigenvalue weighted by atomic mass is 9.87. The number of fused-ring (bicyclic) bond motifs is 1. The zero-order chi connectivity index (χ0) is 9.64. The van der Waals surface area contributed by atoms with Gasteiger partial charge in [-0.15, -0.1) is 0 Å². The Kier molecular flexibility index (Phi) is 1.97. The molecule has 1 aliphatic rings. The molecule has 0 saturated carbocycles. The first kappa shape index (κ1) is 9.17. The van der Waals surface area contributed by atoms with E-state index in [1.165, 1.54) is 0 Å². The Morgan fingerprint density at radius 3 is 2.69 bits per heavy atom. The van der Waals surface area contributed by atoms with Crippen LogP contribution in [0.3, 0.4) is 0 Å². The Morgan fingerprint density at radius 1 is 1.31 bits per heavy atom. The summed E-state index contributed by atoms with van der Waals surface area (Å²) in [5, 5.41) is 4.64. The molecule has 2 rings (SSSR count). The molecule has 0 aliphatic carbocycles. The van der Waals surface area contributed by atoms with Gasteiger partial charge in [0.1, 0.15) is 0 Å². The molecule has 1 aliphatic heterocycles. The predicted octanol–water partition coefficient (Wildman–Crippen LogP) is 3.70. The van der Waals surface area contributed by atoms with Crippen LogP contribution < -0.4 is 5.32 Å². The van der Waals surface area contributed by atoms with Crippen molar-refractivity contribution in [1.82, 2.24) is 0 Å². The normalized spacial score (nSPS) is 18.2. The third-order valence-electron chi connectivity index (χ3n) is 2.49. The van der Waals surface area contributed by atoms with Crippen molar-refractivity contribution in [1.29, 1.82) is 0 Å². The van der Waals surface area contributed by atoms with E-state index in [1.54, 1.807) is 0 Å². The van der Waals surface area contributed by atoms with Crippen LogP contribution in [0.5, 0.6) is 0 Å². The minimum atomic E-state index is 0.0807. The zero-order valence-electron chi connectivity index (χ0n) is 7.62. The van der Waals surface area contributed by atoms with E-state index in [4.69, 9.17) is 23.2 Å². The van der Waals surface area contributed by atoms with Crippen LogP contribution in [-0.4, -0.2) is 6.54 Å². The maximum Gasteiger partial charge on any atom is 0.0651 e. The minimum absolute atomic E-state index is 0.0807. The largest absolute Gasteiger partial charge is 0.384 e. The molecule has 1 aromatic rings. The molecule has 0 atom stereocenters. The van der Waals surface area contributed by atoms with Gasteiger partial charge in [0.05, 0.1) is 10.0 Å². The van der Waals surface area contributed by atoms with Crippen molar-refractivity contribution >= 4 is 28.9 Å². The number of nitrogens with one attached hydrogen (secondary N) is 1. The van der Waals surface area contributed by atoms with Crippen LogP contribution in [0, 0.1) is 0 Å². The maximum absolute atomic E-state index is 6.15. The van der Waals surface area contributed by atoms with E-state index >= 15 is 0 Å². The molecule has 0 fully saturated rings. The number of hydrogen-bond acceptors (Lipinski definition) is 1. The Bertz CT molecular complexity index is 358. The van der Waals surface area contributed by atoms with E-state index < -0.39 is 0 Å². The van der Waals surface area contributed by atoms with Gasteiger partial charge in [0.15, 0.2) is 0 Å². The summed E-state index contributed by atoms with van der Waals surface area (Å²) in [7, 11) is 0. The average molecular weight is 216 g/mol. The van der Waals surface area contributed by atoms with E-state index in [2.05, 4.69) is 19.2 Å². The highest BCUT2D eigenvalue weighted by Gasteiger charge is 2.32. The molecule has 0 radical (unpaired) electrons. The van der Waals surface area contributed by atoms with Gasteiger partial charge >= 0.3 is 0 Å². The van der Waals surface area contributed by atoms with Gasteiger partial charge in [-0.1, -0.05) is 37.0 Å². The molecule has 70 valence electrons. The molecule has 0 unspecified atom stereocenters. The standard InChI is InChI=1S/C10H11Cl2N/c1-10(2)5-13-7-4-3-6(11)9(12)8(7)10/h3-4,13H,5H2,1-2H3. The SMILES string of the molecule is CC1(C)CNc2ccc(Cl)c(Cl)c21. The van der Waals surface area contributed by atoms with Crippen molar-refractivity contribution in [3.05, 3.63) is 27.7 Å². The second-order valence-electron chi connectivity index (χ2n) is 4.02. The number of anilines is 1. The van der Waals surface area contributed by atoms with Crippen molar-refractivity contribution in [2.45, 2.75) is 19.3 Å². The molecule has 0 saturated heterocycles. The van der Waals surface area contributed by atoms with Crippen LogP contribution in [0.25, 0.3) is 0 Å². The summed E-state index contributed by atoms with van der Waals surface area (Å²) in [5.74, 6) is 0. The van der Waals surface area contributed by atoms with Crippen molar-refractivity contribution < 1.29 is 0 Å². The second-order valence-corrected chi connectivity index (χ2v) is 4.81. The van der Waals surface area contributed by atoms with Crippen LogP contribution in [0.1, 0.15) is 19.4 Å². The summed E-state index contributed by atoms with van der Waals surface area (Å²) in [6.07, 6.45) is 0. The van der Waals surface area contributed by atoms with Gasteiger partial charge < -0.3 is 5.32 Å². The van der Waals surface area contributed by atoms with Crippen LogP contribution in [0.15, 0.2) is 12.1 Å². The predicted molar refractivity (Wildman–Crippen MR) is 58.0 cm³/mol. The smallest absolute Gasteiger partial charge is 0.0651 e. The molecular formula is C10H11Cl2N. The Hall–Kier alpha value is -0.400. The van der Waals surface area contributed by atoms with E-state index in [9.17, 15) is 0 Å². The fourth-order valence-electron chi connectivity index (χ4n) is 1.76. The first-order chi connectivity index (χ1) is 6.02. The fraction of sp³-hybridized carbons (Fsp3) is 0.400. The van der Waals surface area contributed by atoms with Gasteiger partial charge in [-0.3, -0.25) is 0 Å². The molecule has 0 bridgehead atoms. The third kappa shape index (κ3) is 1.31. The van der Waals surface area contributed by atoms with Crippen molar-refractivity contribution in [2.75, 3.05) is 11.9 Å². The van der Waals surface area contributed by atoms with E-state index in [-0.39, 0.29) is 5.41 Å². The lowest BCUT2D eigenvalue weighted by molar-refractivity contribution is 0.586. The number of benzene rings is 1. The highest BCUT2D eigenvalue weighted by atomic mass is 35.5. The molecule has 0 spiro atoms. The van der Waals surface area contributed by atoms with Gasteiger partial charge in [-0.25, -0.2) is 0 Å². The van der Waals surface area contributed by atoms with Gasteiger partial charge in [-0.05, 0) is 12.1 Å². The van der Waals surface area contributed by atoms with E-state index in [0.717, 1.165) is 17.8 Å². The highest BCUT2D eigenvalue weighted by molar-refractivity contribution is 6.42.